The SMILES string of the molecule is Cc1ccc(-n2nccn2)c(F)c1. The van der Waals surface area contributed by atoms with E-state index in [0.29, 0.717) is 5.69 Å². The average molecular weight is 177 g/mol. The van der Waals surface area contributed by atoms with Crippen LogP contribution in [0, 0.1) is 12.7 Å². The monoisotopic (exact) mass is 177 g/mol. The minimum Gasteiger partial charge on any atom is -0.205 e. The van der Waals surface area contributed by atoms with Crippen molar-refractivity contribution in [2.24, 2.45) is 0 Å². The lowest BCUT2D eigenvalue weighted by Gasteiger charge is -2.01. The summed E-state index contributed by atoms with van der Waals surface area (Å²) >= 11 is 0. The van der Waals surface area contributed by atoms with E-state index in [0.717, 1.165) is 5.56 Å². The van der Waals surface area contributed by atoms with Crippen LogP contribution >= 0.6 is 0 Å². The summed E-state index contributed by atoms with van der Waals surface area (Å²) in [7, 11) is 0. The fourth-order valence-corrected chi connectivity index (χ4v) is 1.11. The van der Waals surface area contributed by atoms with Crippen molar-refractivity contribution >= 4 is 0 Å². The summed E-state index contributed by atoms with van der Waals surface area (Å²) in [5, 5.41) is 7.69. The summed E-state index contributed by atoms with van der Waals surface area (Å²) < 4.78 is 13.3. The Morgan fingerprint density at radius 1 is 1.23 bits per heavy atom. The van der Waals surface area contributed by atoms with Gasteiger partial charge in [0.15, 0.2) is 5.82 Å². The van der Waals surface area contributed by atoms with Crippen LogP contribution < -0.4 is 0 Å². The molecule has 0 saturated carbocycles. The van der Waals surface area contributed by atoms with E-state index >= 15 is 0 Å². The van der Waals surface area contributed by atoms with Gasteiger partial charge in [0, 0.05) is 0 Å². The first kappa shape index (κ1) is 7.91. The van der Waals surface area contributed by atoms with Gasteiger partial charge < -0.3 is 0 Å². The second kappa shape index (κ2) is 2.97. The number of hydrogen-bond acceptors (Lipinski definition) is 2. The number of hydrogen-bond donors (Lipinski definition) is 0. The van der Waals surface area contributed by atoms with Gasteiger partial charge in [-0.15, -0.1) is 4.80 Å². The highest BCUT2D eigenvalue weighted by molar-refractivity contribution is 5.33. The molecule has 0 aliphatic carbocycles. The van der Waals surface area contributed by atoms with Crippen molar-refractivity contribution in [3.05, 3.63) is 42.0 Å². The number of halogens is 1. The summed E-state index contributed by atoms with van der Waals surface area (Å²) in [4.78, 5) is 1.26. The number of aromatic nitrogens is 3. The van der Waals surface area contributed by atoms with Crippen molar-refractivity contribution < 1.29 is 4.39 Å². The summed E-state index contributed by atoms with van der Waals surface area (Å²) in [6.45, 7) is 1.84. The predicted molar refractivity (Wildman–Crippen MR) is 46.1 cm³/mol. The van der Waals surface area contributed by atoms with Crippen LogP contribution in [-0.2, 0) is 0 Å². The van der Waals surface area contributed by atoms with Gasteiger partial charge in [-0.25, -0.2) is 4.39 Å². The van der Waals surface area contributed by atoms with Gasteiger partial charge in [-0.3, -0.25) is 0 Å². The van der Waals surface area contributed by atoms with E-state index in [-0.39, 0.29) is 5.82 Å². The molecule has 0 atom stereocenters. The Labute approximate surface area is 74.8 Å². The maximum absolute atomic E-state index is 13.3. The van der Waals surface area contributed by atoms with Gasteiger partial charge in [0.25, 0.3) is 0 Å². The molecule has 66 valence electrons. The minimum atomic E-state index is -0.309. The highest BCUT2D eigenvalue weighted by Crippen LogP contribution is 2.12. The molecule has 0 fully saturated rings. The standard InChI is InChI=1S/C9H8FN3/c1-7-2-3-9(8(10)6-7)13-11-4-5-12-13/h2-6H,1H3. The third-order valence-corrected chi connectivity index (χ3v) is 1.74. The third kappa shape index (κ3) is 1.42. The lowest BCUT2D eigenvalue weighted by atomic mass is 10.2. The molecule has 0 aliphatic heterocycles. The molecule has 0 radical (unpaired) electrons. The molecule has 0 amide bonds. The van der Waals surface area contributed by atoms with Crippen molar-refractivity contribution in [2.75, 3.05) is 0 Å². The maximum Gasteiger partial charge on any atom is 0.150 e. The van der Waals surface area contributed by atoms with E-state index < -0.39 is 0 Å². The molecule has 2 rings (SSSR count). The van der Waals surface area contributed by atoms with Crippen molar-refractivity contribution in [3.8, 4) is 5.69 Å². The van der Waals surface area contributed by atoms with Gasteiger partial charge in [-0.1, -0.05) is 6.07 Å². The van der Waals surface area contributed by atoms with E-state index in [9.17, 15) is 4.39 Å². The third-order valence-electron chi connectivity index (χ3n) is 1.74. The quantitative estimate of drug-likeness (QED) is 0.664. The molecule has 1 aromatic heterocycles. The van der Waals surface area contributed by atoms with Crippen LogP contribution in [0.2, 0.25) is 0 Å². The molecule has 0 N–H and O–H groups in total. The van der Waals surface area contributed by atoms with Crippen LogP contribution in [-0.4, -0.2) is 15.0 Å². The second-order valence-corrected chi connectivity index (χ2v) is 2.77. The minimum absolute atomic E-state index is 0.309. The molecule has 0 spiro atoms. The average Bonchev–Trinajstić information content (AvgIpc) is 2.56. The predicted octanol–water partition coefficient (Wildman–Crippen LogP) is 1.71. The smallest absolute Gasteiger partial charge is 0.150 e. The summed E-state index contributed by atoms with van der Waals surface area (Å²) in [6, 6.07) is 4.94. The second-order valence-electron chi connectivity index (χ2n) is 2.77. The summed E-state index contributed by atoms with van der Waals surface area (Å²) in [5.74, 6) is -0.309. The molecule has 0 bridgehead atoms. The van der Waals surface area contributed by atoms with Crippen molar-refractivity contribution in [1.29, 1.82) is 0 Å². The lowest BCUT2D eigenvalue weighted by Crippen LogP contribution is -2.01. The molecule has 0 saturated heterocycles. The van der Waals surface area contributed by atoms with E-state index in [1.54, 1.807) is 6.07 Å². The zero-order chi connectivity index (χ0) is 9.26. The fraction of sp³-hybridized carbons (Fsp3) is 0.111. The van der Waals surface area contributed by atoms with E-state index in [1.165, 1.54) is 23.3 Å². The van der Waals surface area contributed by atoms with Crippen molar-refractivity contribution in [1.82, 2.24) is 15.0 Å². The summed E-state index contributed by atoms with van der Waals surface area (Å²) in [5.41, 5.74) is 1.25. The van der Waals surface area contributed by atoms with Gasteiger partial charge in [0.2, 0.25) is 0 Å². The van der Waals surface area contributed by atoms with Gasteiger partial charge in [-0.2, -0.15) is 10.2 Å². The molecule has 1 heterocycles. The largest absolute Gasteiger partial charge is 0.205 e. The van der Waals surface area contributed by atoms with Crippen LogP contribution in [0.4, 0.5) is 4.39 Å². The van der Waals surface area contributed by atoms with Gasteiger partial charge in [-0.05, 0) is 24.6 Å². The van der Waals surface area contributed by atoms with Crippen LogP contribution in [0.3, 0.4) is 0 Å². The molecular weight excluding hydrogens is 169 g/mol. The van der Waals surface area contributed by atoms with Crippen LogP contribution in [0.5, 0.6) is 0 Å². The van der Waals surface area contributed by atoms with E-state index in [4.69, 9.17) is 0 Å². The number of rotatable bonds is 1. The Morgan fingerprint density at radius 3 is 2.54 bits per heavy atom. The fourth-order valence-electron chi connectivity index (χ4n) is 1.11. The number of aryl methyl sites for hydroxylation is 1. The Balaban J connectivity index is 2.53. The molecule has 1 aromatic carbocycles. The van der Waals surface area contributed by atoms with Gasteiger partial charge in [0.1, 0.15) is 5.69 Å². The summed E-state index contributed by atoms with van der Waals surface area (Å²) in [6.07, 6.45) is 3.03. The highest BCUT2D eigenvalue weighted by Gasteiger charge is 2.04. The van der Waals surface area contributed by atoms with Crippen molar-refractivity contribution in [2.45, 2.75) is 6.92 Å². The molecule has 0 unspecified atom stereocenters. The molecule has 13 heavy (non-hydrogen) atoms. The Morgan fingerprint density at radius 2 is 1.92 bits per heavy atom. The van der Waals surface area contributed by atoms with Crippen LogP contribution in [0.15, 0.2) is 30.6 Å². The first-order chi connectivity index (χ1) is 6.27. The van der Waals surface area contributed by atoms with E-state index in [1.807, 2.05) is 13.0 Å². The van der Waals surface area contributed by atoms with Crippen LogP contribution in [0.25, 0.3) is 5.69 Å². The van der Waals surface area contributed by atoms with Gasteiger partial charge in [0.05, 0.1) is 12.4 Å². The van der Waals surface area contributed by atoms with Gasteiger partial charge >= 0.3 is 0 Å². The Hall–Kier alpha value is -1.71. The zero-order valence-electron chi connectivity index (χ0n) is 7.11. The number of benzene rings is 1. The zero-order valence-corrected chi connectivity index (χ0v) is 7.11. The number of nitrogens with zero attached hydrogens (tertiary/aromatic N) is 3. The molecule has 0 aliphatic rings. The normalized spacial score (nSPS) is 10.3. The van der Waals surface area contributed by atoms with Crippen molar-refractivity contribution in [3.63, 3.8) is 0 Å². The molecule has 3 nitrogen and oxygen atoms in total. The molecule has 2 aromatic rings. The molecular formula is C9H8FN3. The highest BCUT2D eigenvalue weighted by atomic mass is 19.1. The topological polar surface area (TPSA) is 30.7 Å². The first-order valence-electron chi connectivity index (χ1n) is 3.90. The molecule has 4 heteroatoms. The first-order valence-corrected chi connectivity index (χ1v) is 3.90. The maximum atomic E-state index is 13.3. The Kier molecular flexibility index (Phi) is 1.81. The Bertz CT molecular complexity index is 409. The van der Waals surface area contributed by atoms with Crippen LogP contribution in [0.1, 0.15) is 5.56 Å². The van der Waals surface area contributed by atoms with E-state index in [2.05, 4.69) is 10.2 Å². The lowest BCUT2D eigenvalue weighted by molar-refractivity contribution is 0.595.